The van der Waals surface area contributed by atoms with Gasteiger partial charge in [-0.2, -0.15) is 0 Å². The fraction of sp³-hybridized carbons (Fsp3) is 0.167. The number of benzene rings is 2. The lowest BCUT2D eigenvalue weighted by atomic mass is 10.2. The van der Waals surface area contributed by atoms with E-state index in [-0.39, 0.29) is 5.91 Å². The van der Waals surface area contributed by atoms with Crippen LogP contribution in [0.25, 0.3) is 6.08 Å². The molecular formula is C18H18BrNO2. The van der Waals surface area contributed by atoms with Gasteiger partial charge in [-0.1, -0.05) is 46.3 Å². The van der Waals surface area contributed by atoms with Gasteiger partial charge < -0.3 is 9.64 Å². The van der Waals surface area contributed by atoms with Crippen molar-refractivity contribution in [1.29, 1.82) is 0 Å². The summed E-state index contributed by atoms with van der Waals surface area (Å²) in [6.07, 6.45) is 3.34. The first-order valence-electron chi connectivity index (χ1n) is 6.91. The first kappa shape index (κ1) is 16.3. The molecule has 2 aromatic rings. The van der Waals surface area contributed by atoms with Crippen LogP contribution in [0.3, 0.4) is 0 Å². The van der Waals surface area contributed by atoms with Crippen LogP contribution in [0.1, 0.15) is 11.1 Å². The zero-order chi connectivity index (χ0) is 15.9. The van der Waals surface area contributed by atoms with Gasteiger partial charge in [-0.3, -0.25) is 4.79 Å². The molecule has 0 saturated heterocycles. The minimum atomic E-state index is -0.0474. The topological polar surface area (TPSA) is 29.5 Å². The van der Waals surface area contributed by atoms with Crippen LogP contribution in [0.15, 0.2) is 59.1 Å². The van der Waals surface area contributed by atoms with Crippen LogP contribution in [0.2, 0.25) is 0 Å². The molecular weight excluding hydrogens is 342 g/mol. The van der Waals surface area contributed by atoms with E-state index in [0.717, 1.165) is 21.3 Å². The molecule has 0 heterocycles. The Morgan fingerprint density at radius 1 is 1.18 bits per heavy atom. The fourth-order valence-corrected chi connectivity index (χ4v) is 2.30. The highest BCUT2D eigenvalue weighted by molar-refractivity contribution is 9.10. The summed E-state index contributed by atoms with van der Waals surface area (Å²) in [6, 6.07) is 15.5. The van der Waals surface area contributed by atoms with E-state index in [4.69, 9.17) is 4.74 Å². The Bertz CT molecular complexity index is 665. The third-order valence-corrected chi connectivity index (χ3v) is 3.78. The summed E-state index contributed by atoms with van der Waals surface area (Å²) in [5.74, 6) is 0.705. The number of nitrogens with zero attached hydrogens (tertiary/aromatic N) is 1. The number of hydrogen-bond donors (Lipinski definition) is 0. The van der Waals surface area contributed by atoms with Crippen LogP contribution >= 0.6 is 15.9 Å². The maximum absolute atomic E-state index is 12.2. The predicted octanol–water partition coefficient (Wildman–Crippen LogP) is 4.13. The Morgan fingerprint density at radius 3 is 2.55 bits per heavy atom. The van der Waals surface area contributed by atoms with Crippen molar-refractivity contribution in [3.8, 4) is 5.75 Å². The summed E-state index contributed by atoms with van der Waals surface area (Å²) in [7, 11) is 3.41. The average molecular weight is 360 g/mol. The van der Waals surface area contributed by atoms with E-state index in [1.807, 2.05) is 48.5 Å². The highest BCUT2D eigenvalue weighted by atomic mass is 79.9. The molecule has 0 aromatic heterocycles. The minimum Gasteiger partial charge on any atom is -0.496 e. The van der Waals surface area contributed by atoms with Crippen molar-refractivity contribution < 1.29 is 9.53 Å². The van der Waals surface area contributed by atoms with Crippen molar-refractivity contribution in [2.45, 2.75) is 6.54 Å². The first-order chi connectivity index (χ1) is 10.6. The molecule has 114 valence electrons. The highest BCUT2D eigenvalue weighted by Crippen LogP contribution is 2.18. The van der Waals surface area contributed by atoms with Crippen molar-refractivity contribution in [1.82, 2.24) is 4.90 Å². The van der Waals surface area contributed by atoms with E-state index in [2.05, 4.69) is 15.9 Å². The maximum Gasteiger partial charge on any atom is 0.246 e. The molecule has 2 rings (SSSR count). The lowest BCUT2D eigenvalue weighted by Gasteiger charge is -2.15. The third kappa shape index (κ3) is 4.46. The Kier molecular flexibility index (Phi) is 5.78. The average Bonchev–Trinajstić information content (AvgIpc) is 2.54. The number of ether oxygens (including phenoxy) is 1. The van der Waals surface area contributed by atoms with Gasteiger partial charge in [0.1, 0.15) is 5.75 Å². The second-order valence-electron chi connectivity index (χ2n) is 4.90. The van der Waals surface area contributed by atoms with Crippen molar-refractivity contribution in [3.63, 3.8) is 0 Å². The summed E-state index contributed by atoms with van der Waals surface area (Å²) < 4.78 is 6.29. The van der Waals surface area contributed by atoms with Crippen LogP contribution in [0.4, 0.5) is 0 Å². The molecule has 0 atom stereocenters. The van der Waals surface area contributed by atoms with E-state index in [1.165, 1.54) is 0 Å². The summed E-state index contributed by atoms with van der Waals surface area (Å²) >= 11 is 3.40. The van der Waals surface area contributed by atoms with Gasteiger partial charge in [-0.25, -0.2) is 0 Å². The molecule has 0 spiro atoms. The second-order valence-corrected chi connectivity index (χ2v) is 5.81. The largest absolute Gasteiger partial charge is 0.496 e. The normalized spacial score (nSPS) is 10.7. The first-order valence-corrected chi connectivity index (χ1v) is 7.70. The molecule has 0 saturated carbocycles. The molecule has 0 aliphatic heterocycles. The van der Waals surface area contributed by atoms with Crippen molar-refractivity contribution in [2.24, 2.45) is 0 Å². The van der Waals surface area contributed by atoms with Gasteiger partial charge in [0, 0.05) is 29.7 Å². The van der Waals surface area contributed by atoms with E-state index in [0.29, 0.717) is 6.54 Å². The van der Waals surface area contributed by atoms with E-state index in [9.17, 15) is 4.79 Å². The quantitative estimate of drug-likeness (QED) is 0.751. The monoisotopic (exact) mass is 359 g/mol. The minimum absolute atomic E-state index is 0.0474. The lowest BCUT2D eigenvalue weighted by Crippen LogP contribution is -2.24. The molecule has 1 amide bonds. The van der Waals surface area contributed by atoms with Crippen molar-refractivity contribution in [3.05, 3.63) is 70.2 Å². The molecule has 0 aliphatic carbocycles. The number of halogens is 1. The Hall–Kier alpha value is -2.07. The predicted molar refractivity (Wildman–Crippen MR) is 92.6 cm³/mol. The molecule has 22 heavy (non-hydrogen) atoms. The zero-order valence-corrected chi connectivity index (χ0v) is 14.2. The summed E-state index contributed by atoms with van der Waals surface area (Å²) in [4.78, 5) is 13.9. The van der Waals surface area contributed by atoms with Gasteiger partial charge in [0.05, 0.1) is 7.11 Å². The third-order valence-electron chi connectivity index (χ3n) is 3.25. The summed E-state index contributed by atoms with van der Waals surface area (Å²) in [5, 5.41) is 0. The second kappa shape index (κ2) is 7.80. The van der Waals surface area contributed by atoms with Gasteiger partial charge in [-0.05, 0) is 29.8 Å². The smallest absolute Gasteiger partial charge is 0.246 e. The molecule has 0 N–H and O–H groups in total. The van der Waals surface area contributed by atoms with Crippen LogP contribution in [0.5, 0.6) is 5.75 Å². The van der Waals surface area contributed by atoms with Crippen LogP contribution in [-0.4, -0.2) is 25.0 Å². The van der Waals surface area contributed by atoms with Crippen molar-refractivity contribution in [2.75, 3.05) is 14.2 Å². The zero-order valence-electron chi connectivity index (χ0n) is 12.6. The van der Waals surface area contributed by atoms with Gasteiger partial charge in [0.25, 0.3) is 0 Å². The number of methoxy groups -OCH3 is 1. The van der Waals surface area contributed by atoms with Crippen molar-refractivity contribution >= 4 is 27.9 Å². The number of rotatable bonds is 5. The number of carbonyl (C=O) groups is 1. The Labute approximate surface area is 139 Å². The molecule has 4 heteroatoms. The number of likely N-dealkylation sites (N-methyl/N-ethyl adjacent to an activating group) is 1. The Balaban J connectivity index is 2.01. The molecule has 3 nitrogen and oxygen atoms in total. The van der Waals surface area contributed by atoms with Crippen LogP contribution in [-0.2, 0) is 11.3 Å². The molecule has 0 fully saturated rings. The van der Waals surface area contributed by atoms with E-state index >= 15 is 0 Å². The number of amides is 1. The molecule has 0 aliphatic rings. The fourth-order valence-electron chi connectivity index (χ4n) is 2.03. The Morgan fingerprint density at radius 2 is 1.86 bits per heavy atom. The maximum atomic E-state index is 12.2. The van der Waals surface area contributed by atoms with E-state index < -0.39 is 0 Å². The van der Waals surface area contributed by atoms with Crippen LogP contribution in [0, 0.1) is 0 Å². The molecule has 0 unspecified atom stereocenters. The van der Waals surface area contributed by atoms with Gasteiger partial charge >= 0.3 is 0 Å². The number of carbonyl (C=O) groups excluding carboxylic acids is 1. The molecule has 2 aromatic carbocycles. The highest BCUT2D eigenvalue weighted by Gasteiger charge is 2.06. The summed E-state index contributed by atoms with van der Waals surface area (Å²) in [5.41, 5.74) is 1.97. The number of para-hydroxylation sites is 1. The van der Waals surface area contributed by atoms with Gasteiger partial charge in [0.15, 0.2) is 0 Å². The SMILES string of the molecule is COc1ccccc1/C=C/C(=O)N(C)Cc1ccc(Br)cc1. The standard InChI is InChI=1S/C18H18BrNO2/c1-20(13-14-7-10-16(19)11-8-14)18(21)12-9-15-5-3-4-6-17(15)22-2/h3-12H,13H2,1-2H3/b12-9+. The van der Waals surface area contributed by atoms with Gasteiger partial charge in [-0.15, -0.1) is 0 Å². The van der Waals surface area contributed by atoms with E-state index in [1.54, 1.807) is 31.2 Å². The van der Waals surface area contributed by atoms with Crippen LogP contribution < -0.4 is 4.74 Å². The van der Waals surface area contributed by atoms with Gasteiger partial charge in [0.2, 0.25) is 5.91 Å². The lowest BCUT2D eigenvalue weighted by molar-refractivity contribution is -0.125. The number of hydrogen-bond acceptors (Lipinski definition) is 2. The summed E-state index contributed by atoms with van der Waals surface area (Å²) in [6.45, 7) is 0.572. The molecule has 0 bridgehead atoms. The molecule has 0 radical (unpaired) electrons.